The largest absolute Gasteiger partial charge is 0.465 e. The highest BCUT2D eigenvalue weighted by molar-refractivity contribution is 6.32. The second kappa shape index (κ2) is 10.2. The molecule has 6 nitrogen and oxygen atoms in total. The molecule has 0 saturated heterocycles. The third-order valence-electron chi connectivity index (χ3n) is 3.60. The van der Waals surface area contributed by atoms with Gasteiger partial charge in [-0.1, -0.05) is 29.8 Å². The summed E-state index contributed by atoms with van der Waals surface area (Å²) in [5.41, 5.74) is 1.20. The number of carbonyl (C=O) groups is 3. The molecule has 146 valence electrons. The second-order valence-electron chi connectivity index (χ2n) is 5.54. The molecule has 1 N–H and O–H groups in total. The maximum Gasteiger partial charge on any atom is 0.337 e. The lowest BCUT2D eigenvalue weighted by molar-refractivity contribution is -0.143. The first-order valence-electron chi connectivity index (χ1n) is 8.13. The first-order chi connectivity index (χ1) is 13.4. The van der Waals surface area contributed by atoms with Gasteiger partial charge in [0.25, 0.3) is 5.91 Å². The summed E-state index contributed by atoms with van der Waals surface area (Å²) in [5, 5.41) is 2.72. The standard InChI is InChI=1S/C20H17ClFNO5/c1-27-20(26)14-7-5-13(6-8-14)11-23-18(24)12-28-19(25)10-9-15-16(21)3-2-4-17(15)22/h2-10H,11-12H2,1H3,(H,23,24)/b10-9+. The van der Waals surface area contributed by atoms with E-state index in [0.717, 1.165) is 11.6 Å². The van der Waals surface area contributed by atoms with E-state index in [0.29, 0.717) is 5.56 Å². The van der Waals surface area contributed by atoms with Gasteiger partial charge in [-0.25, -0.2) is 14.0 Å². The summed E-state index contributed by atoms with van der Waals surface area (Å²) in [6, 6.07) is 10.6. The molecule has 0 fully saturated rings. The van der Waals surface area contributed by atoms with Crippen LogP contribution in [0.5, 0.6) is 0 Å². The number of methoxy groups -OCH3 is 1. The highest BCUT2D eigenvalue weighted by atomic mass is 35.5. The Bertz CT molecular complexity index is 876. The molecule has 1 amide bonds. The summed E-state index contributed by atoms with van der Waals surface area (Å²) in [5.74, 6) is -2.35. The van der Waals surface area contributed by atoms with Gasteiger partial charge in [-0.2, -0.15) is 0 Å². The van der Waals surface area contributed by atoms with Crippen molar-refractivity contribution in [2.75, 3.05) is 13.7 Å². The van der Waals surface area contributed by atoms with Gasteiger partial charge in [0.2, 0.25) is 0 Å². The molecule has 0 aliphatic heterocycles. The molecule has 0 heterocycles. The Labute approximate surface area is 165 Å². The summed E-state index contributed by atoms with van der Waals surface area (Å²) in [7, 11) is 1.29. The summed E-state index contributed by atoms with van der Waals surface area (Å²) >= 11 is 5.84. The predicted molar refractivity (Wildman–Crippen MR) is 101 cm³/mol. The minimum atomic E-state index is -0.808. The van der Waals surface area contributed by atoms with Crippen LogP contribution in [0.2, 0.25) is 5.02 Å². The number of benzene rings is 2. The maximum atomic E-state index is 13.6. The fourth-order valence-electron chi connectivity index (χ4n) is 2.13. The van der Waals surface area contributed by atoms with Crippen molar-refractivity contribution < 1.29 is 28.2 Å². The number of hydrogen-bond donors (Lipinski definition) is 1. The molecule has 2 aromatic rings. The third kappa shape index (κ3) is 6.21. The Balaban J connectivity index is 1.78. The fraction of sp³-hybridized carbons (Fsp3) is 0.150. The van der Waals surface area contributed by atoms with E-state index in [9.17, 15) is 18.8 Å². The van der Waals surface area contributed by atoms with Crippen molar-refractivity contribution >= 4 is 35.5 Å². The predicted octanol–water partition coefficient (Wildman–Crippen LogP) is 3.14. The number of halogens is 2. The molecular formula is C20H17ClFNO5. The Morgan fingerprint density at radius 3 is 2.50 bits per heavy atom. The lowest BCUT2D eigenvalue weighted by Crippen LogP contribution is -2.28. The van der Waals surface area contributed by atoms with Crippen LogP contribution in [0.1, 0.15) is 21.5 Å². The molecule has 0 aromatic heterocycles. The number of nitrogens with one attached hydrogen (secondary N) is 1. The van der Waals surface area contributed by atoms with E-state index in [1.54, 1.807) is 24.3 Å². The number of rotatable bonds is 7. The molecule has 0 bridgehead atoms. The summed E-state index contributed by atoms with van der Waals surface area (Å²) in [6.07, 6.45) is 2.17. The first kappa shape index (κ1) is 21.1. The number of carbonyl (C=O) groups excluding carboxylic acids is 3. The highest BCUT2D eigenvalue weighted by Gasteiger charge is 2.08. The van der Waals surface area contributed by atoms with Crippen molar-refractivity contribution in [2.45, 2.75) is 6.54 Å². The SMILES string of the molecule is COC(=O)c1ccc(CNC(=O)COC(=O)/C=C/c2c(F)cccc2Cl)cc1. The van der Waals surface area contributed by atoms with E-state index >= 15 is 0 Å². The third-order valence-corrected chi connectivity index (χ3v) is 3.93. The number of esters is 2. The van der Waals surface area contributed by atoms with Gasteiger partial charge < -0.3 is 14.8 Å². The van der Waals surface area contributed by atoms with Crippen molar-refractivity contribution in [1.29, 1.82) is 0 Å². The van der Waals surface area contributed by atoms with Crippen LogP contribution < -0.4 is 5.32 Å². The summed E-state index contributed by atoms with van der Waals surface area (Å²) in [6.45, 7) is -0.299. The number of amides is 1. The zero-order valence-corrected chi connectivity index (χ0v) is 15.7. The fourth-order valence-corrected chi connectivity index (χ4v) is 2.36. The van der Waals surface area contributed by atoms with E-state index in [4.69, 9.17) is 16.3 Å². The number of ether oxygens (including phenoxy) is 2. The average Bonchev–Trinajstić information content (AvgIpc) is 2.70. The zero-order chi connectivity index (χ0) is 20.5. The molecule has 0 unspecified atom stereocenters. The van der Waals surface area contributed by atoms with E-state index < -0.39 is 30.3 Å². The first-order valence-corrected chi connectivity index (χ1v) is 8.51. The number of hydrogen-bond acceptors (Lipinski definition) is 5. The Kier molecular flexibility index (Phi) is 7.71. The van der Waals surface area contributed by atoms with Gasteiger partial charge in [0, 0.05) is 18.2 Å². The average molecular weight is 406 g/mol. The molecule has 0 saturated carbocycles. The van der Waals surface area contributed by atoms with Gasteiger partial charge in [0.15, 0.2) is 6.61 Å². The van der Waals surface area contributed by atoms with Crippen LogP contribution in [0.15, 0.2) is 48.5 Å². The van der Waals surface area contributed by atoms with Crippen LogP contribution in [0.25, 0.3) is 6.08 Å². The van der Waals surface area contributed by atoms with Crippen LogP contribution in [-0.2, 0) is 25.6 Å². The second-order valence-corrected chi connectivity index (χ2v) is 5.95. The van der Waals surface area contributed by atoms with Crippen LogP contribution in [0, 0.1) is 5.82 Å². The van der Waals surface area contributed by atoms with Gasteiger partial charge in [0.1, 0.15) is 5.82 Å². The minimum Gasteiger partial charge on any atom is -0.465 e. The van der Waals surface area contributed by atoms with E-state index in [-0.39, 0.29) is 17.1 Å². The topological polar surface area (TPSA) is 81.7 Å². The van der Waals surface area contributed by atoms with E-state index in [1.807, 2.05) is 0 Å². The van der Waals surface area contributed by atoms with Crippen LogP contribution in [0.4, 0.5) is 4.39 Å². The molecule has 0 spiro atoms. The van der Waals surface area contributed by atoms with Gasteiger partial charge >= 0.3 is 11.9 Å². The maximum absolute atomic E-state index is 13.6. The van der Waals surface area contributed by atoms with E-state index in [1.165, 1.54) is 31.4 Å². The molecular weight excluding hydrogens is 389 g/mol. The van der Waals surface area contributed by atoms with Crippen LogP contribution in [-0.4, -0.2) is 31.6 Å². The summed E-state index contributed by atoms with van der Waals surface area (Å²) in [4.78, 5) is 34.8. The molecule has 0 aliphatic carbocycles. The molecule has 8 heteroatoms. The quantitative estimate of drug-likeness (QED) is 0.565. The van der Waals surface area contributed by atoms with Crippen molar-refractivity contribution in [3.05, 3.63) is 76.1 Å². The monoisotopic (exact) mass is 405 g/mol. The Hall–Kier alpha value is -3.19. The smallest absolute Gasteiger partial charge is 0.337 e. The van der Waals surface area contributed by atoms with Gasteiger partial charge in [-0.15, -0.1) is 0 Å². The summed E-state index contributed by atoms with van der Waals surface area (Å²) < 4.78 is 23.0. The Morgan fingerprint density at radius 2 is 1.86 bits per heavy atom. The molecule has 0 atom stereocenters. The van der Waals surface area contributed by atoms with Crippen molar-refractivity contribution in [1.82, 2.24) is 5.32 Å². The molecule has 0 aliphatic rings. The van der Waals surface area contributed by atoms with Crippen LogP contribution >= 0.6 is 11.6 Å². The van der Waals surface area contributed by atoms with Gasteiger partial charge in [0.05, 0.1) is 17.7 Å². The van der Waals surface area contributed by atoms with Crippen molar-refractivity contribution in [2.24, 2.45) is 0 Å². The molecule has 2 aromatic carbocycles. The van der Waals surface area contributed by atoms with Crippen molar-refractivity contribution in [3.63, 3.8) is 0 Å². The van der Waals surface area contributed by atoms with Crippen molar-refractivity contribution in [3.8, 4) is 0 Å². The highest BCUT2D eigenvalue weighted by Crippen LogP contribution is 2.20. The van der Waals surface area contributed by atoms with Crippen LogP contribution in [0.3, 0.4) is 0 Å². The lowest BCUT2D eigenvalue weighted by atomic mass is 10.1. The lowest BCUT2D eigenvalue weighted by Gasteiger charge is -2.06. The Morgan fingerprint density at radius 1 is 1.14 bits per heavy atom. The zero-order valence-electron chi connectivity index (χ0n) is 14.9. The minimum absolute atomic E-state index is 0.0565. The van der Waals surface area contributed by atoms with E-state index in [2.05, 4.69) is 10.1 Å². The molecule has 0 radical (unpaired) electrons. The molecule has 2 rings (SSSR count). The van der Waals surface area contributed by atoms with Gasteiger partial charge in [-0.3, -0.25) is 4.79 Å². The molecule has 28 heavy (non-hydrogen) atoms. The normalized spacial score (nSPS) is 10.5. The van der Waals surface area contributed by atoms with Gasteiger partial charge in [-0.05, 0) is 35.9 Å².